The van der Waals surface area contributed by atoms with E-state index in [1.165, 1.54) is 6.26 Å². The molecule has 2 fully saturated rings. The van der Waals surface area contributed by atoms with Gasteiger partial charge in [-0.15, -0.1) is 0 Å². The molecule has 34 heavy (non-hydrogen) atoms. The molecule has 184 valence electrons. The predicted molar refractivity (Wildman–Crippen MR) is 130 cm³/mol. The third-order valence-electron chi connectivity index (χ3n) is 6.41. The number of urea groups is 1. The Hall–Kier alpha value is -2.76. The van der Waals surface area contributed by atoms with Gasteiger partial charge in [0, 0.05) is 49.8 Å². The normalized spacial score (nSPS) is 17.6. The number of rotatable bonds is 8. The summed E-state index contributed by atoms with van der Waals surface area (Å²) in [6, 6.07) is 8.58. The monoisotopic (exact) mass is 489 g/mol. The average Bonchev–Trinajstić information content (AvgIpc) is 2.78. The summed E-state index contributed by atoms with van der Waals surface area (Å²) in [4.78, 5) is 23.5. The van der Waals surface area contributed by atoms with Gasteiger partial charge in [-0.05, 0) is 49.9 Å². The molecule has 1 aliphatic heterocycles. The molecular weight excluding hydrogens is 458 g/mol. The number of aromatic nitrogens is 2. The van der Waals surface area contributed by atoms with Gasteiger partial charge in [0.05, 0.1) is 18.9 Å². The van der Waals surface area contributed by atoms with Gasteiger partial charge in [-0.2, -0.15) is 0 Å². The van der Waals surface area contributed by atoms with Crippen LogP contribution in [-0.4, -0.2) is 75.2 Å². The number of hydrogen-bond acceptors (Lipinski definition) is 8. The van der Waals surface area contributed by atoms with E-state index in [9.17, 15) is 13.2 Å². The van der Waals surface area contributed by atoms with Crippen LogP contribution in [0.3, 0.4) is 0 Å². The smallest absolute Gasteiger partial charge is 0.319 e. The molecule has 1 aliphatic carbocycles. The number of amides is 2. The predicted octanol–water partition coefficient (Wildman–Crippen LogP) is 1.91. The van der Waals surface area contributed by atoms with Crippen molar-refractivity contribution < 1.29 is 23.1 Å². The first-order chi connectivity index (χ1) is 16.3. The summed E-state index contributed by atoms with van der Waals surface area (Å²) in [5, 5.41) is 14.2. The molecule has 2 aromatic rings. The zero-order chi connectivity index (χ0) is 24.2. The van der Waals surface area contributed by atoms with Gasteiger partial charge in [-0.3, -0.25) is 0 Å². The van der Waals surface area contributed by atoms with Crippen LogP contribution in [0.15, 0.2) is 30.3 Å². The number of benzene rings is 1. The van der Waals surface area contributed by atoms with Crippen LogP contribution in [0.2, 0.25) is 0 Å². The molecular formula is C23H31N5O5S. The number of hydrogen-bond donors (Lipinski definition) is 3. The summed E-state index contributed by atoms with van der Waals surface area (Å²) >= 11 is 0. The van der Waals surface area contributed by atoms with Crippen molar-refractivity contribution >= 4 is 27.4 Å². The van der Waals surface area contributed by atoms with Crippen LogP contribution in [-0.2, 0) is 19.3 Å². The summed E-state index contributed by atoms with van der Waals surface area (Å²) in [7, 11) is -3.36. The molecule has 0 atom stereocenters. The highest BCUT2D eigenvalue weighted by atomic mass is 32.2. The lowest BCUT2D eigenvalue weighted by Crippen LogP contribution is -2.43. The Kier molecular flexibility index (Phi) is 7.34. The molecule has 2 aliphatic rings. The van der Waals surface area contributed by atoms with Crippen LogP contribution in [0, 0.1) is 0 Å². The van der Waals surface area contributed by atoms with E-state index in [-0.39, 0.29) is 12.6 Å². The number of carbonyl (C=O) groups excluding carboxylic acids is 1. The van der Waals surface area contributed by atoms with Crippen molar-refractivity contribution in [2.24, 2.45) is 0 Å². The Morgan fingerprint density at radius 1 is 1.18 bits per heavy atom. The maximum atomic E-state index is 12.8. The van der Waals surface area contributed by atoms with Gasteiger partial charge in [0.2, 0.25) is 0 Å². The van der Waals surface area contributed by atoms with E-state index in [1.54, 1.807) is 24.3 Å². The van der Waals surface area contributed by atoms with Crippen LogP contribution >= 0.6 is 0 Å². The number of aliphatic hydroxyl groups excluding tert-OH is 1. The average molecular weight is 490 g/mol. The molecule has 0 spiro atoms. The van der Waals surface area contributed by atoms with Crippen LogP contribution in [0.5, 0.6) is 0 Å². The maximum Gasteiger partial charge on any atom is 0.319 e. The molecule has 0 bridgehead atoms. The van der Waals surface area contributed by atoms with Crippen molar-refractivity contribution in [1.82, 2.24) is 15.3 Å². The maximum absolute atomic E-state index is 12.8. The van der Waals surface area contributed by atoms with Crippen molar-refractivity contribution in [3.8, 4) is 11.4 Å². The van der Waals surface area contributed by atoms with Crippen LogP contribution in [0.4, 0.5) is 16.3 Å². The van der Waals surface area contributed by atoms with E-state index in [2.05, 4.69) is 15.5 Å². The van der Waals surface area contributed by atoms with Gasteiger partial charge in [0.25, 0.3) is 0 Å². The lowest BCUT2D eigenvalue weighted by molar-refractivity contribution is 0.122. The minimum absolute atomic E-state index is 0.0150. The van der Waals surface area contributed by atoms with Crippen LogP contribution < -0.4 is 15.5 Å². The number of nitrogens with zero attached hydrogens (tertiary/aromatic N) is 3. The van der Waals surface area contributed by atoms with E-state index >= 15 is 0 Å². The quantitative estimate of drug-likeness (QED) is 0.479. The molecule has 1 saturated heterocycles. The van der Waals surface area contributed by atoms with Crippen LogP contribution in [0.1, 0.15) is 31.4 Å². The fourth-order valence-corrected chi connectivity index (χ4v) is 5.74. The van der Waals surface area contributed by atoms with Crippen molar-refractivity contribution in [3.05, 3.63) is 36.0 Å². The minimum Gasteiger partial charge on any atom is -0.396 e. The SMILES string of the molecule is CS(=O)(=O)C1(c2cc(N3CCOCC3)nc(-c3ccc(NC(=O)NCCCO)cc3)n2)CCC1. The molecule has 2 heterocycles. The van der Waals surface area contributed by atoms with E-state index in [4.69, 9.17) is 19.8 Å². The Morgan fingerprint density at radius 3 is 2.47 bits per heavy atom. The lowest BCUT2D eigenvalue weighted by Gasteiger charge is -2.40. The molecule has 1 saturated carbocycles. The fourth-order valence-electron chi connectivity index (χ4n) is 4.23. The summed E-state index contributed by atoms with van der Waals surface area (Å²) < 4.78 is 30.0. The second kappa shape index (κ2) is 10.2. The second-order valence-electron chi connectivity index (χ2n) is 8.69. The van der Waals surface area contributed by atoms with Crippen molar-refractivity contribution in [2.45, 2.75) is 30.4 Å². The number of nitrogens with one attached hydrogen (secondary N) is 2. The molecule has 1 aromatic carbocycles. The number of ether oxygens (including phenoxy) is 1. The molecule has 11 heteroatoms. The first kappa shape index (κ1) is 24.4. The van der Waals surface area contributed by atoms with Gasteiger partial charge < -0.3 is 25.4 Å². The third kappa shape index (κ3) is 5.16. The largest absolute Gasteiger partial charge is 0.396 e. The molecule has 0 radical (unpaired) electrons. The number of carbonyl (C=O) groups is 1. The van der Waals surface area contributed by atoms with Gasteiger partial charge in [-0.25, -0.2) is 23.2 Å². The second-order valence-corrected chi connectivity index (χ2v) is 11.0. The van der Waals surface area contributed by atoms with Crippen molar-refractivity contribution in [2.75, 3.05) is 55.9 Å². The number of anilines is 2. The van der Waals surface area contributed by atoms with Gasteiger partial charge in [0.1, 0.15) is 10.6 Å². The highest BCUT2D eigenvalue weighted by Gasteiger charge is 2.49. The van der Waals surface area contributed by atoms with Crippen molar-refractivity contribution in [3.63, 3.8) is 0 Å². The van der Waals surface area contributed by atoms with Gasteiger partial charge >= 0.3 is 6.03 Å². The molecule has 2 amide bonds. The molecule has 4 rings (SSSR count). The lowest BCUT2D eigenvalue weighted by atomic mass is 9.81. The Morgan fingerprint density at radius 2 is 1.88 bits per heavy atom. The van der Waals surface area contributed by atoms with Crippen molar-refractivity contribution in [1.29, 1.82) is 0 Å². The summed E-state index contributed by atoms with van der Waals surface area (Å²) in [6.07, 6.45) is 3.73. The highest BCUT2D eigenvalue weighted by Crippen LogP contribution is 2.48. The van der Waals surface area contributed by atoms with E-state index in [1.807, 2.05) is 6.07 Å². The van der Waals surface area contributed by atoms with Gasteiger partial charge in [-0.1, -0.05) is 0 Å². The Bertz CT molecular complexity index is 1110. The number of aliphatic hydroxyl groups is 1. The molecule has 10 nitrogen and oxygen atoms in total. The Balaban J connectivity index is 1.64. The number of morpholine rings is 1. The zero-order valence-corrected chi connectivity index (χ0v) is 20.1. The van der Waals surface area contributed by atoms with E-state index < -0.39 is 14.6 Å². The molecule has 0 unspecified atom stereocenters. The van der Waals surface area contributed by atoms with E-state index in [0.29, 0.717) is 75.1 Å². The summed E-state index contributed by atoms with van der Waals surface area (Å²) in [5.41, 5.74) is 1.87. The standard InChI is InChI=1S/C23H31N5O5S/c1-34(31,32)23(8-2-9-23)19-16-20(28-11-14-33-15-12-28)27-21(26-19)17-4-6-18(7-5-17)25-22(30)24-10-3-13-29/h4-7,16,29H,2-3,8-15H2,1H3,(H2,24,25,30). The number of sulfone groups is 1. The highest BCUT2D eigenvalue weighted by molar-refractivity contribution is 7.91. The van der Waals surface area contributed by atoms with E-state index in [0.717, 1.165) is 12.0 Å². The van der Waals surface area contributed by atoms with Gasteiger partial charge in [0.15, 0.2) is 15.7 Å². The third-order valence-corrected chi connectivity index (χ3v) is 8.44. The zero-order valence-electron chi connectivity index (χ0n) is 19.3. The summed E-state index contributed by atoms with van der Waals surface area (Å²) in [6.45, 7) is 2.93. The van der Waals surface area contributed by atoms with Crippen LogP contribution in [0.25, 0.3) is 11.4 Å². The summed E-state index contributed by atoms with van der Waals surface area (Å²) in [5.74, 6) is 1.15. The fraction of sp³-hybridized carbons (Fsp3) is 0.522. The Labute approximate surface area is 199 Å². The topological polar surface area (TPSA) is 134 Å². The molecule has 1 aromatic heterocycles. The first-order valence-corrected chi connectivity index (χ1v) is 13.4. The minimum atomic E-state index is -3.36. The molecule has 3 N–H and O–H groups in total. The first-order valence-electron chi connectivity index (χ1n) is 11.5.